The molecule has 3 fully saturated rings. The molecule has 3 aliphatic heterocycles. The zero-order valence-electron chi connectivity index (χ0n) is 23.7. The number of ether oxygens (including phenoxy) is 5. The summed E-state index contributed by atoms with van der Waals surface area (Å²) in [5, 5.41) is 102. The summed E-state index contributed by atoms with van der Waals surface area (Å²) >= 11 is 0.663. The van der Waals surface area contributed by atoms with E-state index >= 15 is 0 Å². The zero-order valence-corrected chi connectivity index (χ0v) is 24.5. The number of hydrogen-bond acceptors (Lipinski definition) is 16. The molecule has 0 unspecified atom stereocenters. The number of thioether (sulfide) groups is 1. The van der Waals surface area contributed by atoms with Gasteiger partial charge >= 0.3 is 0 Å². The third kappa shape index (κ3) is 8.72. The van der Waals surface area contributed by atoms with Gasteiger partial charge in [0.15, 0.2) is 12.6 Å². The normalized spacial score (nSPS) is 44.8. The van der Waals surface area contributed by atoms with Crippen LogP contribution in [-0.4, -0.2) is 168 Å². The summed E-state index contributed by atoms with van der Waals surface area (Å²) in [4.78, 5) is 0. The lowest BCUT2D eigenvalue weighted by molar-refractivity contribution is -0.348. The smallest absolute Gasteiger partial charge is 0.186 e. The highest BCUT2D eigenvalue weighted by Crippen LogP contribution is 2.39. The third-order valence-electron chi connectivity index (χ3n) is 7.85. The number of unbranched alkanes of at least 4 members (excludes halogenated alkanes) is 5. The minimum atomic E-state index is -1.69. The van der Waals surface area contributed by atoms with Gasteiger partial charge in [-0.2, -0.15) is 0 Å². The van der Waals surface area contributed by atoms with E-state index in [0.717, 1.165) is 38.5 Å². The van der Waals surface area contributed by atoms with Gasteiger partial charge in [0, 0.05) is 6.61 Å². The summed E-state index contributed by atoms with van der Waals surface area (Å²) in [5.74, 6) is 0. The van der Waals surface area contributed by atoms with E-state index < -0.39 is 110 Å². The Morgan fingerprint density at radius 2 is 1.17 bits per heavy atom. The highest BCUT2D eigenvalue weighted by molar-refractivity contribution is 8.00. The summed E-state index contributed by atoms with van der Waals surface area (Å²) in [5.41, 5.74) is -1.33. The molecule has 3 aliphatic rings. The van der Waals surface area contributed by atoms with Gasteiger partial charge in [-0.05, 0) is 6.42 Å². The van der Waals surface area contributed by atoms with Crippen molar-refractivity contribution in [1.29, 1.82) is 0 Å². The predicted octanol–water partition coefficient (Wildman–Crippen LogP) is -3.47. The Balaban J connectivity index is 1.65. The molecule has 0 aromatic heterocycles. The summed E-state index contributed by atoms with van der Waals surface area (Å²) in [6, 6.07) is 0. The molecule has 248 valence electrons. The quantitative estimate of drug-likeness (QED) is 0.0788. The molecule has 3 heterocycles. The average molecular weight is 633 g/mol. The molecule has 15 atom stereocenters. The van der Waals surface area contributed by atoms with Crippen molar-refractivity contribution >= 4 is 11.8 Å². The number of aliphatic hydroxyl groups excluding tert-OH is 10. The molecule has 3 rings (SSSR count). The van der Waals surface area contributed by atoms with E-state index in [2.05, 4.69) is 6.92 Å². The predicted molar refractivity (Wildman–Crippen MR) is 145 cm³/mol. The highest BCUT2D eigenvalue weighted by Gasteiger charge is 2.53. The molecular weight excluding hydrogens is 584 g/mol. The fourth-order valence-corrected chi connectivity index (χ4v) is 6.72. The first kappa shape index (κ1) is 36.2. The van der Waals surface area contributed by atoms with Crippen LogP contribution in [0.15, 0.2) is 0 Å². The highest BCUT2D eigenvalue weighted by atomic mass is 32.2. The topological polar surface area (TPSA) is 248 Å². The van der Waals surface area contributed by atoms with Crippen LogP contribution >= 0.6 is 11.8 Å². The first-order valence-electron chi connectivity index (χ1n) is 14.6. The van der Waals surface area contributed by atoms with E-state index in [4.69, 9.17) is 23.7 Å². The first-order chi connectivity index (χ1) is 20.1. The molecular formula is C26H48O15S. The lowest BCUT2D eigenvalue weighted by atomic mass is 9.98. The van der Waals surface area contributed by atoms with E-state index in [0.29, 0.717) is 11.8 Å². The molecule has 10 N–H and O–H groups in total. The minimum absolute atomic E-state index is 0.265. The molecule has 0 radical (unpaired) electrons. The summed E-state index contributed by atoms with van der Waals surface area (Å²) < 4.78 is 28.1. The third-order valence-corrected chi connectivity index (χ3v) is 9.38. The van der Waals surface area contributed by atoms with Crippen molar-refractivity contribution < 1.29 is 74.7 Å². The van der Waals surface area contributed by atoms with Crippen LogP contribution in [0.5, 0.6) is 0 Å². The van der Waals surface area contributed by atoms with Crippen molar-refractivity contribution in [2.45, 2.75) is 136 Å². The molecule has 0 aliphatic carbocycles. The van der Waals surface area contributed by atoms with Crippen molar-refractivity contribution in [1.82, 2.24) is 0 Å². The fraction of sp³-hybridized carbons (Fsp3) is 1.00. The maximum Gasteiger partial charge on any atom is 0.186 e. The molecule has 0 amide bonds. The van der Waals surface area contributed by atoms with Gasteiger partial charge in [-0.3, -0.25) is 0 Å². The Kier molecular flexibility index (Phi) is 15.0. The Bertz CT molecular complexity index is 765. The Labute approximate surface area is 248 Å². The van der Waals surface area contributed by atoms with Crippen molar-refractivity contribution in [3.63, 3.8) is 0 Å². The van der Waals surface area contributed by atoms with E-state index in [9.17, 15) is 51.1 Å². The number of aliphatic hydroxyl groups is 10. The molecule has 0 saturated carbocycles. The van der Waals surface area contributed by atoms with Crippen molar-refractivity contribution in [2.75, 3.05) is 26.4 Å². The van der Waals surface area contributed by atoms with Gasteiger partial charge in [0.2, 0.25) is 0 Å². The molecule has 0 bridgehead atoms. The number of hydrogen-bond donors (Lipinski definition) is 10. The van der Waals surface area contributed by atoms with Crippen LogP contribution in [-0.2, 0) is 23.7 Å². The average Bonchev–Trinajstić information content (AvgIpc) is 2.99. The van der Waals surface area contributed by atoms with Gasteiger partial charge in [-0.25, -0.2) is 0 Å². The van der Waals surface area contributed by atoms with Gasteiger partial charge in [0.25, 0.3) is 0 Å². The van der Waals surface area contributed by atoms with Gasteiger partial charge in [0.05, 0.1) is 31.2 Å². The van der Waals surface area contributed by atoms with Crippen LogP contribution in [0, 0.1) is 0 Å². The zero-order chi connectivity index (χ0) is 31.0. The van der Waals surface area contributed by atoms with Crippen molar-refractivity contribution in [3.05, 3.63) is 0 Å². The van der Waals surface area contributed by atoms with Crippen LogP contribution in [0.3, 0.4) is 0 Å². The molecule has 3 saturated heterocycles. The summed E-state index contributed by atoms with van der Waals surface area (Å²) in [7, 11) is 0. The van der Waals surface area contributed by atoms with Crippen molar-refractivity contribution in [3.8, 4) is 0 Å². The van der Waals surface area contributed by atoms with E-state index in [1.807, 2.05) is 0 Å². The largest absolute Gasteiger partial charge is 0.394 e. The van der Waals surface area contributed by atoms with Crippen LogP contribution in [0.2, 0.25) is 0 Å². The molecule has 15 nitrogen and oxygen atoms in total. The maximum absolute atomic E-state index is 11.1. The second kappa shape index (κ2) is 17.4. The van der Waals surface area contributed by atoms with E-state index in [1.54, 1.807) is 0 Å². The summed E-state index contributed by atoms with van der Waals surface area (Å²) in [6.45, 7) is 0.344. The van der Waals surface area contributed by atoms with Gasteiger partial charge < -0.3 is 74.7 Å². The van der Waals surface area contributed by atoms with Crippen LogP contribution < -0.4 is 0 Å². The monoisotopic (exact) mass is 632 g/mol. The van der Waals surface area contributed by atoms with Gasteiger partial charge in [-0.15, -0.1) is 11.8 Å². The van der Waals surface area contributed by atoms with E-state index in [-0.39, 0.29) is 6.61 Å². The van der Waals surface area contributed by atoms with Crippen LogP contribution in [0.1, 0.15) is 45.4 Å². The standard InChI is InChI=1S/C26H48O15S/c1-2-3-4-5-6-7-8-37-24-19(34)18(33)22(14(11-29)39-24)41-25-21(36)23(16(31)13(10-28)38-25)42-26-20(35)17(32)15(30)12(9-27)40-26/h12-36H,2-11H2,1H3/t12-,13-,14-,15+,16+,17+,18-,19-,20-,21-,22-,23+,24-,25+,26-/m1/s1. The second-order valence-electron chi connectivity index (χ2n) is 11.0. The molecule has 0 spiro atoms. The lowest BCUT2D eigenvalue weighted by Gasteiger charge is -2.48. The molecule has 16 heteroatoms. The molecule has 0 aromatic rings. The van der Waals surface area contributed by atoms with Crippen LogP contribution in [0.4, 0.5) is 0 Å². The Morgan fingerprint density at radius 3 is 1.81 bits per heavy atom. The Morgan fingerprint density at radius 1 is 0.571 bits per heavy atom. The SMILES string of the molecule is CCCCCCCCO[C@@H]1O[C@H](CO)[C@@H](O[C@@H]2O[C@H](CO)[C@H](O)[C@H](S[C@H]3O[C@H](CO)[C@H](O)[C@H](O)[C@H]3O)[C@H]2O)[C@H](O)[C@H]1O. The van der Waals surface area contributed by atoms with Crippen molar-refractivity contribution in [2.24, 2.45) is 0 Å². The Hall–Kier alpha value is -0.250. The minimum Gasteiger partial charge on any atom is -0.394 e. The van der Waals surface area contributed by atoms with Crippen LogP contribution in [0.25, 0.3) is 0 Å². The van der Waals surface area contributed by atoms with E-state index in [1.165, 1.54) is 0 Å². The fourth-order valence-electron chi connectivity index (χ4n) is 5.26. The lowest BCUT2D eigenvalue weighted by Crippen LogP contribution is -2.65. The second-order valence-corrected chi connectivity index (χ2v) is 12.2. The number of rotatable bonds is 15. The van der Waals surface area contributed by atoms with Gasteiger partial charge in [0.1, 0.15) is 66.5 Å². The molecule has 42 heavy (non-hydrogen) atoms. The van der Waals surface area contributed by atoms with Gasteiger partial charge in [-0.1, -0.05) is 39.0 Å². The first-order valence-corrected chi connectivity index (χ1v) is 15.5. The maximum atomic E-state index is 11.1. The molecule has 0 aromatic carbocycles. The summed E-state index contributed by atoms with van der Waals surface area (Å²) in [6.07, 6.45) is -13.4.